The largest absolute Gasteiger partial charge is 0.208 e. The molecule has 1 heterocycles. The Morgan fingerprint density at radius 3 is 2.18 bits per heavy atom. The molecule has 164 valence electrons. The molecule has 0 radical (unpaired) electrons. The summed E-state index contributed by atoms with van der Waals surface area (Å²) in [7, 11) is 0. The van der Waals surface area contributed by atoms with Crippen molar-refractivity contribution in [1.29, 1.82) is 0 Å². The van der Waals surface area contributed by atoms with E-state index in [4.69, 9.17) is 15.0 Å². The number of allylic oxidation sites excluding steroid dienone is 6. The molecule has 3 aromatic carbocycles. The first-order valence-corrected chi connectivity index (χ1v) is 11.4. The zero-order valence-electron chi connectivity index (χ0n) is 19.0. The molecule has 1 aromatic heterocycles. The van der Waals surface area contributed by atoms with Gasteiger partial charge in [-0.2, -0.15) is 0 Å². The van der Waals surface area contributed by atoms with Gasteiger partial charge in [-0.25, -0.2) is 15.0 Å². The van der Waals surface area contributed by atoms with Crippen LogP contribution in [0.1, 0.15) is 24.2 Å². The summed E-state index contributed by atoms with van der Waals surface area (Å²) in [4.78, 5) is 14.7. The molecule has 0 atom stereocenters. The summed E-state index contributed by atoms with van der Waals surface area (Å²) in [5.74, 6) is 2.03. The second kappa shape index (κ2) is 9.63. The van der Waals surface area contributed by atoms with Gasteiger partial charge in [-0.3, -0.25) is 0 Å². The highest BCUT2D eigenvalue weighted by molar-refractivity contribution is 5.84. The first-order chi connectivity index (χ1) is 16.7. The Labute approximate surface area is 200 Å². The van der Waals surface area contributed by atoms with Gasteiger partial charge in [0.2, 0.25) is 0 Å². The van der Waals surface area contributed by atoms with E-state index in [0.29, 0.717) is 17.5 Å². The number of rotatable bonds is 6. The van der Waals surface area contributed by atoms with Crippen LogP contribution in [0.5, 0.6) is 0 Å². The fraction of sp³-hybridized carbons (Fsp3) is 0.0645. The van der Waals surface area contributed by atoms with Gasteiger partial charge in [0.1, 0.15) is 0 Å². The van der Waals surface area contributed by atoms with Gasteiger partial charge >= 0.3 is 0 Å². The highest BCUT2D eigenvalue weighted by atomic mass is 15.0. The molecule has 0 amide bonds. The molecule has 0 N–H and O–H groups in total. The Kier molecular flexibility index (Phi) is 6.09. The lowest BCUT2D eigenvalue weighted by Gasteiger charge is -2.13. The highest BCUT2D eigenvalue weighted by Gasteiger charge is 2.16. The molecule has 0 aliphatic heterocycles. The normalized spacial score (nSPS) is 12.8. The minimum atomic E-state index is 0.660. The number of nitrogens with zero attached hydrogens (tertiary/aromatic N) is 3. The van der Waals surface area contributed by atoms with E-state index < -0.39 is 0 Å². The Bertz CT molecular complexity index is 1430. The molecule has 34 heavy (non-hydrogen) atoms. The van der Waals surface area contributed by atoms with Crippen molar-refractivity contribution in [2.45, 2.75) is 12.8 Å². The van der Waals surface area contributed by atoms with Crippen molar-refractivity contribution in [3.63, 3.8) is 0 Å². The maximum Gasteiger partial charge on any atom is 0.164 e. The van der Waals surface area contributed by atoms with Crippen LogP contribution in [-0.2, 0) is 0 Å². The Morgan fingerprint density at radius 2 is 1.41 bits per heavy atom. The van der Waals surface area contributed by atoms with Crippen LogP contribution in [-0.4, -0.2) is 15.0 Å². The molecular formula is C31H25N3. The summed E-state index contributed by atoms with van der Waals surface area (Å²) < 4.78 is 0. The van der Waals surface area contributed by atoms with E-state index in [9.17, 15) is 0 Å². The predicted octanol–water partition coefficient (Wildman–Crippen LogP) is 7.81. The van der Waals surface area contributed by atoms with Crippen molar-refractivity contribution < 1.29 is 0 Å². The van der Waals surface area contributed by atoms with Gasteiger partial charge in [0.25, 0.3) is 0 Å². The smallest absolute Gasteiger partial charge is 0.164 e. The first-order valence-electron chi connectivity index (χ1n) is 11.4. The summed E-state index contributed by atoms with van der Waals surface area (Å²) in [5.41, 5.74) is 7.04. The van der Waals surface area contributed by atoms with E-state index >= 15 is 0 Å². The molecule has 3 heteroatoms. The van der Waals surface area contributed by atoms with Crippen LogP contribution in [0.2, 0.25) is 0 Å². The average molecular weight is 440 g/mol. The van der Waals surface area contributed by atoms with Crippen LogP contribution >= 0.6 is 0 Å². The first kappa shape index (κ1) is 21.5. The fourth-order valence-electron chi connectivity index (χ4n) is 4.06. The minimum absolute atomic E-state index is 0.660. The lowest BCUT2D eigenvalue weighted by atomic mass is 9.96. The van der Waals surface area contributed by atoms with Crippen molar-refractivity contribution in [3.05, 3.63) is 128 Å². The number of benzene rings is 3. The van der Waals surface area contributed by atoms with E-state index in [0.717, 1.165) is 51.8 Å². The molecule has 0 fully saturated rings. The van der Waals surface area contributed by atoms with Gasteiger partial charge in [-0.05, 0) is 41.2 Å². The SMILES string of the molecule is C=CC(=C)c1cccc(-c2ccccc2-c2nc(C3=CCCC=C3)nc(-c3ccccc3)n2)c1. The fourth-order valence-corrected chi connectivity index (χ4v) is 4.06. The van der Waals surface area contributed by atoms with Gasteiger partial charge in [0, 0.05) is 16.7 Å². The molecule has 4 aromatic rings. The van der Waals surface area contributed by atoms with Crippen molar-refractivity contribution in [3.8, 4) is 33.9 Å². The van der Waals surface area contributed by atoms with E-state index in [1.165, 1.54) is 0 Å². The summed E-state index contributed by atoms with van der Waals surface area (Å²) in [6, 6.07) is 26.6. The highest BCUT2D eigenvalue weighted by Crippen LogP contribution is 2.33. The monoisotopic (exact) mass is 439 g/mol. The van der Waals surface area contributed by atoms with Crippen molar-refractivity contribution >= 4 is 11.1 Å². The summed E-state index contributed by atoms with van der Waals surface area (Å²) >= 11 is 0. The van der Waals surface area contributed by atoms with Crippen molar-refractivity contribution in [1.82, 2.24) is 15.0 Å². The lowest BCUT2D eigenvalue weighted by Crippen LogP contribution is -2.03. The second-order valence-electron chi connectivity index (χ2n) is 8.17. The van der Waals surface area contributed by atoms with Crippen molar-refractivity contribution in [2.24, 2.45) is 0 Å². The topological polar surface area (TPSA) is 38.7 Å². The third-order valence-corrected chi connectivity index (χ3v) is 5.88. The molecule has 5 rings (SSSR count). The van der Waals surface area contributed by atoms with Gasteiger partial charge < -0.3 is 0 Å². The number of hydrogen-bond acceptors (Lipinski definition) is 3. The van der Waals surface area contributed by atoms with Gasteiger partial charge in [-0.15, -0.1) is 0 Å². The molecule has 0 saturated carbocycles. The average Bonchev–Trinajstić information content (AvgIpc) is 2.93. The zero-order chi connectivity index (χ0) is 23.3. The standard InChI is InChI=1S/C31H25N3/c1-3-22(2)25-17-12-18-26(21-25)27-19-10-11-20-28(27)31-33-29(23-13-6-4-7-14-23)32-30(34-31)24-15-8-5-9-16-24/h3-4,6-8,10-21H,1-2,5,9H2. The summed E-state index contributed by atoms with van der Waals surface area (Å²) in [5, 5.41) is 0. The van der Waals surface area contributed by atoms with Gasteiger partial charge in [0.05, 0.1) is 0 Å². The zero-order valence-corrected chi connectivity index (χ0v) is 19.0. The summed E-state index contributed by atoms with van der Waals surface area (Å²) in [6.07, 6.45) is 10.3. The Morgan fingerprint density at radius 1 is 0.706 bits per heavy atom. The summed E-state index contributed by atoms with van der Waals surface area (Å²) in [6.45, 7) is 7.96. The van der Waals surface area contributed by atoms with Crippen LogP contribution in [0.4, 0.5) is 0 Å². The van der Waals surface area contributed by atoms with Gasteiger partial charge in [-0.1, -0.05) is 110 Å². The third-order valence-electron chi connectivity index (χ3n) is 5.88. The van der Waals surface area contributed by atoms with Crippen LogP contribution in [0, 0.1) is 0 Å². The van der Waals surface area contributed by atoms with E-state index in [2.05, 4.69) is 55.7 Å². The molecule has 0 bridgehead atoms. The molecule has 1 aliphatic rings. The lowest BCUT2D eigenvalue weighted by molar-refractivity contribution is 1.01. The predicted molar refractivity (Wildman–Crippen MR) is 142 cm³/mol. The van der Waals surface area contributed by atoms with Crippen LogP contribution < -0.4 is 0 Å². The van der Waals surface area contributed by atoms with Crippen LogP contribution in [0.25, 0.3) is 45.0 Å². The maximum atomic E-state index is 4.94. The Hall–Kier alpha value is -4.37. The second-order valence-corrected chi connectivity index (χ2v) is 8.17. The minimum Gasteiger partial charge on any atom is -0.208 e. The number of aromatic nitrogens is 3. The van der Waals surface area contributed by atoms with Crippen molar-refractivity contribution in [2.75, 3.05) is 0 Å². The molecule has 0 unspecified atom stereocenters. The molecule has 1 aliphatic carbocycles. The molecular weight excluding hydrogens is 414 g/mol. The molecule has 0 spiro atoms. The quantitative estimate of drug-likeness (QED) is 0.288. The molecule has 3 nitrogen and oxygen atoms in total. The Balaban J connectivity index is 1.69. The number of hydrogen-bond donors (Lipinski definition) is 0. The van der Waals surface area contributed by atoms with Gasteiger partial charge in [0.15, 0.2) is 17.5 Å². The van der Waals surface area contributed by atoms with E-state index in [1.807, 2.05) is 54.6 Å². The molecule has 0 saturated heterocycles. The van der Waals surface area contributed by atoms with E-state index in [1.54, 1.807) is 6.08 Å². The third kappa shape index (κ3) is 4.41. The maximum absolute atomic E-state index is 4.94. The van der Waals surface area contributed by atoms with E-state index in [-0.39, 0.29) is 0 Å². The van der Waals surface area contributed by atoms with Crippen LogP contribution in [0.3, 0.4) is 0 Å². The van der Waals surface area contributed by atoms with Crippen LogP contribution in [0.15, 0.2) is 116 Å².